The average molecular weight is 174 g/mol. The maximum atomic E-state index is 10.5. The summed E-state index contributed by atoms with van der Waals surface area (Å²) >= 11 is 0. The molecule has 7 nitrogen and oxygen atoms in total. The van der Waals surface area contributed by atoms with Crippen molar-refractivity contribution in [2.24, 2.45) is 5.73 Å². The molecule has 12 heavy (non-hydrogen) atoms. The molecule has 0 unspecified atom stereocenters. The third kappa shape index (κ3) is 1.36. The molecule has 1 aliphatic heterocycles. The molecule has 1 atom stereocenters. The number of nitrogens with one attached hydrogen (secondary N) is 1. The second-order valence-corrected chi connectivity index (χ2v) is 2.36. The van der Waals surface area contributed by atoms with Crippen molar-refractivity contribution < 1.29 is 19.4 Å². The number of carboxylic acids is 1. The van der Waals surface area contributed by atoms with E-state index in [9.17, 15) is 4.79 Å². The van der Waals surface area contributed by atoms with E-state index < -0.39 is 11.8 Å². The van der Waals surface area contributed by atoms with Crippen LogP contribution >= 0.6 is 0 Å². The molecule has 68 valence electrons. The summed E-state index contributed by atoms with van der Waals surface area (Å²) in [5.41, 5.74) is 16.0. The van der Waals surface area contributed by atoms with Gasteiger partial charge in [0, 0.05) is 0 Å². The van der Waals surface area contributed by atoms with Gasteiger partial charge in [0.2, 0.25) is 0 Å². The fourth-order valence-electron chi connectivity index (χ4n) is 0.715. The molecule has 4 N–H and O–H groups in total. The van der Waals surface area contributed by atoms with Crippen molar-refractivity contribution >= 4 is 5.97 Å². The summed E-state index contributed by atoms with van der Waals surface area (Å²) in [5, 5.41) is 8.55. The van der Waals surface area contributed by atoms with E-state index in [-0.39, 0.29) is 6.61 Å². The zero-order valence-corrected chi connectivity index (χ0v) is 6.36. The van der Waals surface area contributed by atoms with Gasteiger partial charge in [0.15, 0.2) is 0 Å². The highest BCUT2D eigenvalue weighted by Gasteiger charge is 2.63. The van der Waals surface area contributed by atoms with Gasteiger partial charge in [-0.05, 0) is 13.0 Å². The van der Waals surface area contributed by atoms with Crippen molar-refractivity contribution in [3.8, 4) is 0 Å². The fraction of sp³-hybridized carbons (Fsp3) is 0.800. The first-order valence-corrected chi connectivity index (χ1v) is 3.48. The van der Waals surface area contributed by atoms with E-state index in [4.69, 9.17) is 21.1 Å². The summed E-state index contributed by atoms with van der Waals surface area (Å²) in [6.07, 6.45) is 0.546. The molecule has 1 fully saturated rings. The van der Waals surface area contributed by atoms with E-state index in [1.807, 2.05) is 0 Å². The van der Waals surface area contributed by atoms with Gasteiger partial charge in [0.1, 0.15) is 0 Å². The lowest BCUT2D eigenvalue weighted by Gasteiger charge is -2.01. The number of carbonyl (C=O) groups is 1. The van der Waals surface area contributed by atoms with Gasteiger partial charge in [-0.3, -0.25) is 0 Å². The van der Waals surface area contributed by atoms with Gasteiger partial charge in [-0.1, -0.05) is 0 Å². The minimum atomic E-state index is -1.74. The van der Waals surface area contributed by atoms with E-state index in [0.29, 0.717) is 17.8 Å². The van der Waals surface area contributed by atoms with Gasteiger partial charge in [-0.25, -0.2) is 4.79 Å². The predicted molar refractivity (Wildman–Crippen MR) is 36.7 cm³/mol. The van der Waals surface area contributed by atoms with Crippen LogP contribution in [0.4, 0.5) is 0 Å². The minimum absolute atomic E-state index is 0.187. The number of rotatable bonds is 5. The number of hydrazine groups is 1. The lowest BCUT2D eigenvalue weighted by atomic mass is 10.4. The van der Waals surface area contributed by atoms with E-state index in [1.165, 1.54) is 0 Å². The van der Waals surface area contributed by atoms with Crippen LogP contribution in [-0.2, 0) is 9.53 Å². The zero-order chi connectivity index (χ0) is 9.19. The smallest absolute Gasteiger partial charge is 0.448 e. The number of nitrogens with zero attached hydrogens (tertiary/aromatic N) is 2. The number of nitrogens with two attached hydrogens (primary N) is 1. The average Bonchev–Trinajstić information content (AvgIpc) is 2.64. The van der Waals surface area contributed by atoms with Gasteiger partial charge in [0.25, 0.3) is 0 Å². The molecule has 0 bridgehead atoms. The molecule has 0 radical (unpaired) electrons. The van der Waals surface area contributed by atoms with E-state index in [2.05, 4.69) is 5.43 Å². The Morgan fingerprint density at radius 2 is 2.42 bits per heavy atom. The predicted octanol–water partition coefficient (Wildman–Crippen LogP) is -1.36. The molecular formula is C5H10N4O3. The molecule has 7 heteroatoms. The number of hydrogen-bond donors (Lipinski definition) is 3. The Morgan fingerprint density at radius 1 is 1.83 bits per heavy atom. The number of hydrogen-bond acceptors (Lipinski definition) is 3. The van der Waals surface area contributed by atoms with Gasteiger partial charge in [0.05, 0.1) is 6.61 Å². The van der Waals surface area contributed by atoms with Crippen LogP contribution in [0, 0.1) is 0 Å². The lowest BCUT2D eigenvalue weighted by Crippen LogP contribution is -2.32. The lowest BCUT2D eigenvalue weighted by molar-refractivity contribution is -0.472. The second kappa shape index (κ2) is 3.03. The van der Waals surface area contributed by atoms with Gasteiger partial charge < -0.3 is 15.6 Å². The van der Waals surface area contributed by atoms with Crippen LogP contribution in [0.25, 0.3) is 5.53 Å². The first-order chi connectivity index (χ1) is 5.63. The molecule has 0 aliphatic carbocycles. The highest BCUT2D eigenvalue weighted by atomic mass is 16.6. The van der Waals surface area contributed by atoms with Gasteiger partial charge in [-0.2, -0.15) is 5.43 Å². The fourth-order valence-corrected chi connectivity index (χ4v) is 0.715. The van der Waals surface area contributed by atoms with Crippen LogP contribution in [0.1, 0.15) is 6.42 Å². The Kier molecular flexibility index (Phi) is 2.25. The van der Waals surface area contributed by atoms with Gasteiger partial charge in [-0.15, -0.1) is 10.3 Å². The molecule has 0 amide bonds. The van der Waals surface area contributed by atoms with Crippen LogP contribution in [-0.4, -0.2) is 34.9 Å². The Labute approximate surface area is 68.6 Å². The Bertz CT molecular complexity index is 219. The maximum absolute atomic E-state index is 10.5. The van der Waals surface area contributed by atoms with Crippen LogP contribution in [0.3, 0.4) is 0 Å². The normalized spacial score (nSPS) is 26.6. The summed E-state index contributed by atoms with van der Waals surface area (Å²) in [7, 11) is 0. The number of ether oxygens (including phenoxy) is 1. The highest BCUT2D eigenvalue weighted by Crippen LogP contribution is 2.20. The first kappa shape index (κ1) is 8.88. The summed E-state index contributed by atoms with van der Waals surface area (Å²) in [4.78, 5) is 10.9. The molecule has 1 heterocycles. The Morgan fingerprint density at radius 3 is 2.75 bits per heavy atom. The summed E-state index contributed by atoms with van der Waals surface area (Å²) in [6.45, 7) is 0.605. The monoisotopic (exact) mass is 174 g/mol. The quantitative estimate of drug-likeness (QED) is 0.270. The van der Waals surface area contributed by atoms with Crippen molar-refractivity contribution in [3.05, 3.63) is 5.53 Å². The third-order valence-electron chi connectivity index (χ3n) is 1.46. The Hall–Kier alpha value is -1.21. The van der Waals surface area contributed by atoms with Crippen molar-refractivity contribution in [1.29, 1.82) is 0 Å². The summed E-state index contributed by atoms with van der Waals surface area (Å²) in [5.74, 6) is -3.02. The summed E-state index contributed by atoms with van der Waals surface area (Å²) in [6, 6.07) is 0. The number of aliphatic carboxylic acids is 1. The Balaban J connectivity index is 2.38. The minimum Gasteiger partial charge on any atom is -0.474 e. The van der Waals surface area contributed by atoms with Crippen molar-refractivity contribution in [2.75, 3.05) is 13.2 Å². The van der Waals surface area contributed by atoms with Crippen LogP contribution in [0.15, 0.2) is 0 Å². The standard InChI is InChI=1S/C5H10N4O3/c6-2-1-3-12-5(4(10)11)8-9(5)7/h8H,1-3,6H2,(H,10,11)/t5-/m0/s1. The van der Waals surface area contributed by atoms with Crippen LogP contribution in [0.2, 0.25) is 0 Å². The molecule has 0 spiro atoms. The van der Waals surface area contributed by atoms with E-state index >= 15 is 0 Å². The van der Waals surface area contributed by atoms with E-state index in [0.717, 1.165) is 0 Å². The maximum Gasteiger partial charge on any atom is 0.448 e. The largest absolute Gasteiger partial charge is 0.474 e. The first-order valence-electron chi connectivity index (χ1n) is 3.48. The highest BCUT2D eigenvalue weighted by molar-refractivity contribution is 5.76. The molecule has 0 aromatic rings. The van der Waals surface area contributed by atoms with Crippen LogP contribution in [0.5, 0.6) is 0 Å². The zero-order valence-electron chi connectivity index (χ0n) is 6.36. The molecule has 0 aromatic heterocycles. The molecule has 1 aliphatic rings. The van der Waals surface area contributed by atoms with Crippen LogP contribution < -0.4 is 11.2 Å². The van der Waals surface area contributed by atoms with E-state index in [1.54, 1.807) is 0 Å². The second-order valence-electron chi connectivity index (χ2n) is 2.36. The third-order valence-corrected chi connectivity index (χ3v) is 1.46. The molecule has 1 saturated heterocycles. The van der Waals surface area contributed by atoms with Crippen molar-refractivity contribution in [3.63, 3.8) is 0 Å². The molecular weight excluding hydrogens is 164 g/mol. The number of carboxylic acid groups (broad SMARTS) is 1. The molecule has 1 rings (SSSR count). The molecule has 0 aromatic carbocycles. The summed E-state index contributed by atoms with van der Waals surface area (Å²) < 4.78 is 4.84. The van der Waals surface area contributed by atoms with Crippen molar-refractivity contribution in [2.45, 2.75) is 12.3 Å². The SMILES string of the molecule is [N-]=[N+]1N[C@@]1(OCCCN)C(=O)O. The topological polar surface area (TPSA) is 120 Å². The van der Waals surface area contributed by atoms with Gasteiger partial charge >= 0.3 is 11.8 Å². The molecule has 0 saturated carbocycles. The van der Waals surface area contributed by atoms with Crippen molar-refractivity contribution in [1.82, 2.24) is 5.43 Å².